The van der Waals surface area contributed by atoms with Gasteiger partial charge in [0.1, 0.15) is 0 Å². The molecule has 0 bridgehead atoms. The van der Waals surface area contributed by atoms with E-state index in [1.165, 1.54) is 0 Å². The molecule has 1 aromatic carbocycles. The highest BCUT2D eigenvalue weighted by atomic mass is 16.5. The van der Waals surface area contributed by atoms with E-state index in [2.05, 4.69) is 11.1 Å². The summed E-state index contributed by atoms with van der Waals surface area (Å²) in [4.78, 5) is 4.14. The van der Waals surface area contributed by atoms with Gasteiger partial charge in [0.15, 0.2) is 0 Å². The molecule has 0 aliphatic carbocycles. The summed E-state index contributed by atoms with van der Waals surface area (Å²) in [6.45, 7) is 0. The molecule has 1 radical (unpaired) electrons. The van der Waals surface area contributed by atoms with Crippen LogP contribution in [0.1, 0.15) is 0 Å². The first-order chi connectivity index (χ1) is 6.92. The van der Waals surface area contributed by atoms with Crippen LogP contribution < -0.4 is 4.74 Å². The van der Waals surface area contributed by atoms with Crippen LogP contribution >= 0.6 is 0 Å². The predicted octanol–water partition coefficient (Wildman–Crippen LogP) is 2.56. The second-order valence-electron chi connectivity index (χ2n) is 2.85. The highest BCUT2D eigenvalue weighted by Crippen LogP contribution is 2.26. The van der Waals surface area contributed by atoms with Crippen molar-refractivity contribution >= 4 is 0 Å². The van der Waals surface area contributed by atoms with Crippen LogP contribution in [-0.2, 0) is 0 Å². The first-order valence-electron chi connectivity index (χ1n) is 4.37. The van der Waals surface area contributed by atoms with Crippen molar-refractivity contribution in [2.45, 2.75) is 0 Å². The summed E-state index contributed by atoms with van der Waals surface area (Å²) in [5.74, 6) is 0.652. The molecule has 0 aliphatic rings. The normalized spacial score (nSPS) is 9.79. The number of benzene rings is 1. The largest absolute Gasteiger partial charge is 0.481 e. The lowest BCUT2D eigenvalue weighted by atomic mass is 10.1. The van der Waals surface area contributed by atoms with Gasteiger partial charge in [-0.25, -0.2) is 4.98 Å². The molecule has 0 unspecified atom stereocenters. The Morgan fingerprint density at radius 3 is 2.71 bits per heavy atom. The Bertz CT molecular complexity index is 412. The van der Waals surface area contributed by atoms with Gasteiger partial charge in [-0.1, -0.05) is 24.3 Å². The maximum absolute atomic E-state index is 5.18. The van der Waals surface area contributed by atoms with Gasteiger partial charge in [-0.2, -0.15) is 0 Å². The van der Waals surface area contributed by atoms with Gasteiger partial charge in [-0.3, -0.25) is 0 Å². The third-order valence-electron chi connectivity index (χ3n) is 1.99. The number of methoxy groups -OCH3 is 1. The topological polar surface area (TPSA) is 22.1 Å². The molecule has 1 heterocycles. The lowest BCUT2D eigenvalue weighted by Gasteiger charge is -2.05. The zero-order chi connectivity index (χ0) is 9.80. The number of pyridine rings is 1. The Morgan fingerprint density at radius 1 is 1.21 bits per heavy atom. The smallest absolute Gasteiger partial charge is 0.221 e. The fourth-order valence-electron chi connectivity index (χ4n) is 1.34. The van der Waals surface area contributed by atoms with Crippen LogP contribution in [0.5, 0.6) is 5.88 Å². The summed E-state index contributed by atoms with van der Waals surface area (Å²) in [7, 11) is 1.63. The molecule has 0 N–H and O–H groups in total. The minimum Gasteiger partial charge on any atom is -0.481 e. The van der Waals surface area contributed by atoms with Crippen molar-refractivity contribution in [2.24, 2.45) is 0 Å². The zero-order valence-corrected chi connectivity index (χ0v) is 7.90. The maximum Gasteiger partial charge on any atom is 0.221 e. The van der Waals surface area contributed by atoms with E-state index in [9.17, 15) is 0 Å². The lowest BCUT2D eigenvalue weighted by Crippen LogP contribution is -1.90. The van der Waals surface area contributed by atoms with E-state index in [1.54, 1.807) is 13.3 Å². The van der Waals surface area contributed by atoms with Crippen molar-refractivity contribution in [1.29, 1.82) is 0 Å². The Hall–Kier alpha value is -1.83. The van der Waals surface area contributed by atoms with Crippen LogP contribution in [0.25, 0.3) is 11.1 Å². The van der Waals surface area contributed by atoms with Gasteiger partial charge < -0.3 is 4.74 Å². The first kappa shape index (κ1) is 8.75. The molecule has 2 nitrogen and oxygen atoms in total. The molecule has 0 fully saturated rings. The van der Waals surface area contributed by atoms with Gasteiger partial charge in [-0.15, -0.1) is 0 Å². The van der Waals surface area contributed by atoms with E-state index in [-0.39, 0.29) is 0 Å². The van der Waals surface area contributed by atoms with E-state index in [4.69, 9.17) is 4.74 Å². The van der Waals surface area contributed by atoms with Crippen molar-refractivity contribution in [1.82, 2.24) is 4.98 Å². The zero-order valence-electron chi connectivity index (χ0n) is 7.90. The molecule has 0 saturated carbocycles. The molecule has 2 aromatic rings. The van der Waals surface area contributed by atoms with Crippen LogP contribution in [-0.4, -0.2) is 12.1 Å². The first-order valence-corrected chi connectivity index (χ1v) is 4.37. The van der Waals surface area contributed by atoms with Crippen LogP contribution in [0.3, 0.4) is 0 Å². The van der Waals surface area contributed by atoms with E-state index in [0.29, 0.717) is 5.88 Å². The number of ether oxygens (including phenoxy) is 1. The molecule has 0 atom stereocenters. The van der Waals surface area contributed by atoms with Crippen molar-refractivity contribution in [3.8, 4) is 17.0 Å². The predicted molar refractivity (Wildman–Crippen MR) is 55.1 cm³/mol. The monoisotopic (exact) mass is 184 g/mol. The SMILES string of the molecule is COc1ncccc1-c1cc[c]cc1. The molecule has 0 aliphatic heterocycles. The average Bonchev–Trinajstić information content (AvgIpc) is 2.30. The summed E-state index contributed by atoms with van der Waals surface area (Å²) in [5.41, 5.74) is 2.10. The third kappa shape index (κ3) is 1.59. The van der Waals surface area contributed by atoms with Gasteiger partial charge in [0.05, 0.1) is 7.11 Å². The van der Waals surface area contributed by atoms with Crippen molar-refractivity contribution < 1.29 is 4.74 Å². The Balaban J connectivity index is 2.51. The summed E-state index contributed by atoms with van der Waals surface area (Å²) >= 11 is 0. The fourth-order valence-corrected chi connectivity index (χ4v) is 1.34. The second kappa shape index (κ2) is 3.92. The van der Waals surface area contributed by atoms with Crippen molar-refractivity contribution in [3.05, 3.63) is 48.7 Å². The quantitative estimate of drug-likeness (QED) is 0.715. The summed E-state index contributed by atoms with van der Waals surface area (Å²) in [6, 6.07) is 14.6. The molecule has 2 heteroatoms. The van der Waals surface area contributed by atoms with Crippen LogP contribution in [0, 0.1) is 6.07 Å². The Kier molecular flexibility index (Phi) is 2.45. The van der Waals surface area contributed by atoms with Crippen molar-refractivity contribution in [2.75, 3.05) is 7.11 Å². The van der Waals surface area contributed by atoms with Gasteiger partial charge in [0.2, 0.25) is 5.88 Å². The molecule has 0 saturated heterocycles. The molecule has 0 spiro atoms. The van der Waals surface area contributed by atoms with Gasteiger partial charge in [0, 0.05) is 11.8 Å². The molecular formula is C12H10NO. The molecule has 1 aromatic heterocycles. The number of rotatable bonds is 2. The summed E-state index contributed by atoms with van der Waals surface area (Å²) in [6.07, 6.45) is 1.72. The molecule has 69 valence electrons. The van der Waals surface area contributed by atoms with Gasteiger partial charge >= 0.3 is 0 Å². The lowest BCUT2D eigenvalue weighted by molar-refractivity contribution is 0.399. The fraction of sp³-hybridized carbons (Fsp3) is 0.0833. The van der Waals surface area contributed by atoms with E-state index < -0.39 is 0 Å². The molecular weight excluding hydrogens is 174 g/mol. The summed E-state index contributed by atoms with van der Waals surface area (Å²) < 4.78 is 5.18. The minimum atomic E-state index is 0.652. The highest BCUT2D eigenvalue weighted by molar-refractivity contribution is 5.67. The summed E-state index contributed by atoms with van der Waals surface area (Å²) in [5, 5.41) is 0. The Morgan fingerprint density at radius 2 is 2.00 bits per heavy atom. The van der Waals surface area contributed by atoms with E-state index >= 15 is 0 Å². The van der Waals surface area contributed by atoms with Crippen LogP contribution in [0.2, 0.25) is 0 Å². The number of nitrogens with zero attached hydrogens (tertiary/aromatic N) is 1. The highest BCUT2D eigenvalue weighted by Gasteiger charge is 2.04. The average molecular weight is 184 g/mol. The maximum atomic E-state index is 5.18. The van der Waals surface area contributed by atoms with E-state index in [1.807, 2.05) is 36.4 Å². The third-order valence-corrected chi connectivity index (χ3v) is 1.99. The van der Waals surface area contributed by atoms with Crippen LogP contribution in [0.15, 0.2) is 42.6 Å². The van der Waals surface area contributed by atoms with Crippen molar-refractivity contribution in [3.63, 3.8) is 0 Å². The molecule has 0 amide bonds. The van der Waals surface area contributed by atoms with Gasteiger partial charge in [-0.05, 0) is 23.8 Å². The minimum absolute atomic E-state index is 0.652. The second-order valence-corrected chi connectivity index (χ2v) is 2.85. The Labute approximate surface area is 83.2 Å². The van der Waals surface area contributed by atoms with Crippen LogP contribution in [0.4, 0.5) is 0 Å². The van der Waals surface area contributed by atoms with Gasteiger partial charge in [0.25, 0.3) is 0 Å². The molecule has 2 rings (SSSR count). The van der Waals surface area contributed by atoms with E-state index in [0.717, 1.165) is 11.1 Å². The number of aromatic nitrogens is 1. The number of hydrogen-bond acceptors (Lipinski definition) is 2. The number of hydrogen-bond donors (Lipinski definition) is 0. The standard InChI is InChI=1S/C12H10NO/c1-14-12-11(8-5-9-13-12)10-6-3-2-4-7-10/h3-9H,1H3. The molecule has 14 heavy (non-hydrogen) atoms.